The highest BCUT2D eigenvalue weighted by atomic mass is 79.9. The standard InChI is InChI=1S/C16H22BrN5O2/c1-10-6-5-7-12(10)21(22(15(23)24)16(2,3)4)14-11(17)9-19-13(8-18)20-14/h9-10,12H,5-7H2,1-4H3,(H,23,24)/t10?,12-/m1/s1. The van der Waals surface area contributed by atoms with Gasteiger partial charge in [-0.25, -0.2) is 14.8 Å². The largest absolute Gasteiger partial charge is 0.464 e. The van der Waals surface area contributed by atoms with Gasteiger partial charge in [0.25, 0.3) is 0 Å². The SMILES string of the molecule is CC1CCC[C@H]1N(c1nc(C#N)ncc1Br)N(C(=O)O)C(C)(C)C. The molecule has 0 bridgehead atoms. The molecule has 130 valence electrons. The normalized spacial score (nSPS) is 20.5. The van der Waals surface area contributed by atoms with Gasteiger partial charge in [0, 0.05) is 6.20 Å². The van der Waals surface area contributed by atoms with Gasteiger partial charge in [0.1, 0.15) is 6.07 Å². The van der Waals surface area contributed by atoms with E-state index in [0.717, 1.165) is 19.3 Å². The summed E-state index contributed by atoms with van der Waals surface area (Å²) in [6.07, 6.45) is 3.39. The molecular weight excluding hydrogens is 374 g/mol. The molecule has 24 heavy (non-hydrogen) atoms. The Labute approximate surface area is 150 Å². The number of hydrogen-bond acceptors (Lipinski definition) is 5. The van der Waals surface area contributed by atoms with E-state index < -0.39 is 11.6 Å². The van der Waals surface area contributed by atoms with Crippen molar-refractivity contribution in [3.63, 3.8) is 0 Å². The van der Waals surface area contributed by atoms with E-state index in [0.29, 0.717) is 16.2 Å². The van der Waals surface area contributed by atoms with Gasteiger partial charge in [0.2, 0.25) is 5.82 Å². The smallest absolute Gasteiger partial charge is 0.426 e. The number of amides is 1. The Morgan fingerprint density at radius 2 is 2.12 bits per heavy atom. The number of hydrazine groups is 1. The van der Waals surface area contributed by atoms with E-state index in [2.05, 4.69) is 32.8 Å². The van der Waals surface area contributed by atoms with Crippen LogP contribution in [-0.4, -0.2) is 37.8 Å². The second-order valence-electron chi connectivity index (χ2n) is 7.06. The maximum absolute atomic E-state index is 12.1. The van der Waals surface area contributed by atoms with E-state index in [4.69, 9.17) is 5.26 Å². The van der Waals surface area contributed by atoms with Crippen molar-refractivity contribution in [3.8, 4) is 6.07 Å². The summed E-state index contributed by atoms with van der Waals surface area (Å²) in [5.41, 5.74) is -0.661. The number of nitrogens with zero attached hydrogens (tertiary/aromatic N) is 5. The van der Waals surface area contributed by atoms with Gasteiger partial charge in [-0.2, -0.15) is 10.2 Å². The minimum Gasteiger partial charge on any atom is -0.464 e. The number of nitriles is 1. The predicted octanol–water partition coefficient (Wildman–Crippen LogP) is 3.80. The molecule has 7 nitrogen and oxygen atoms in total. The van der Waals surface area contributed by atoms with Crippen LogP contribution in [0.15, 0.2) is 10.7 Å². The first-order valence-electron chi connectivity index (χ1n) is 7.91. The molecule has 2 rings (SSSR count). The second kappa shape index (κ2) is 6.93. The fourth-order valence-corrected chi connectivity index (χ4v) is 3.54. The fraction of sp³-hybridized carbons (Fsp3) is 0.625. The van der Waals surface area contributed by atoms with Gasteiger partial charge in [-0.1, -0.05) is 13.3 Å². The van der Waals surface area contributed by atoms with E-state index in [9.17, 15) is 9.90 Å². The highest BCUT2D eigenvalue weighted by Crippen LogP contribution is 2.38. The Hall–Kier alpha value is -1.88. The van der Waals surface area contributed by atoms with Crippen molar-refractivity contribution >= 4 is 27.8 Å². The molecule has 1 aromatic heterocycles. The summed E-state index contributed by atoms with van der Waals surface area (Å²) in [5.74, 6) is 0.752. The molecule has 8 heteroatoms. The van der Waals surface area contributed by atoms with Crippen molar-refractivity contribution in [2.75, 3.05) is 5.01 Å². The van der Waals surface area contributed by atoms with Gasteiger partial charge in [-0.3, -0.25) is 5.01 Å². The first-order valence-corrected chi connectivity index (χ1v) is 8.71. The van der Waals surface area contributed by atoms with Gasteiger partial charge in [0.05, 0.1) is 16.1 Å². The molecular formula is C16H22BrN5O2. The maximum Gasteiger partial charge on any atom is 0.426 e. The van der Waals surface area contributed by atoms with E-state index >= 15 is 0 Å². The zero-order chi connectivity index (χ0) is 18.1. The van der Waals surface area contributed by atoms with E-state index in [-0.39, 0.29) is 11.9 Å². The minimum absolute atomic E-state index is 0.00179. The summed E-state index contributed by atoms with van der Waals surface area (Å²) in [6.45, 7) is 7.64. The van der Waals surface area contributed by atoms with Crippen LogP contribution in [0.2, 0.25) is 0 Å². The lowest BCUT2D eigenvalue weighted by molar-refractivity contribution is 0.0792. The molecule has 1 fully saturated rings. The van der Waals surface area contributed by atoms with Crippen molar-refractivity contribution in [2.45, 2.75) is 58.5 Å². The van der Waals surface area contributed by atoms with Gasteiger partial charge < -0.3 is 5.11 Å². The average molecular weight is 396 g/mol. The second-order valence-corrected chi connectivity index (χ2v) is 7.92. The Morgan fingerprint density at radius 3 is 2.58 bits per heavy atom. The molecule has 2 atom stereocenters. The molecule has 1 heterocycles. The number of hydrogen-bond donors (Lipinski definition) is 1. The third-order valence-corrected chi connectivity index (χ3v) is 4.76. The Kier molecular flexibility index (Phi) is 5.33. The monoisotopic (exact) mass is 395 g/mol. The van der Waals surface area contributed by atoms with Crippen molar-refractivity contribution < 1.29 is 9.90 Å². The van der Waals surface area contributed by atoms with Crippen molar-refractivity contribution in [2.24, 2.45) is 5.92 Å². The zero-order valence-electron chi connectivity index (χ0n) is 14.3. The van der Waals surface area contributed by atoms with Crippen LogP contribution in [0.4, 0.5) is 10.6 Å². The van der Waals surface area contributed by atoms with Crippen LogP contribution in [0, 0.1) is 17.2 Å². The van der Waals surface area contributed by atoms with Crippen LogP contribution >= 0.6 is 15.9 Å². The molecule has 1 unspecified atom stereocenters. The van der Waals surface area contributed by atoms with Crippen LogP contribution in [0.3, 0.4) is 0 Å². The first-order chi connectivity index (χ1) is 11.2. The summed E-state index contributed by atoms with van der Waals surface area (Å²) in [4.78, 5) is 20.3. The molecule has 1 aliphatic carbocycles. The number of aromatic nitrogens is 2. The van der Waals surface area contributed by atoms with Crippen LogP contribution in [0.5, 0.6) is 0 Å². The lowest BCUT2D eigenvalue weighted by Gasteiger charge is -2.46. The van der Waals surface area contributed by atoms with Crippen LogP contribution in [0.25, 0.3) is 0 Å². The lowest BCUT2D eigenvalue weighted by Crippen LogP contribution is -2.60. The molecule has 0 spiro atoms. The molecule has 1 saturated carbocycles. The Bertz CT molecular complexity index is 667. The predicted molar refractivity (Wildman–Crippen MR) is 93.3 cm³/mol. The number of rotatable bonds is 3. The van der Waals surface area contributed by atoms with E-state index in [1.807, 2.05) is 26.8 Å². The summed E-state index contributed by atoms with van der Waals surface area (Å²) in [5, 5.41) is 22.0. The van der Waals surface area contributed by atoms with Gasteiger partial charge in [0.15, 0.2) is 5.82 Å². The molecule has 1 aliphatic rings. The third-order valence-electron chi connectivity index (χ3n) is 4.21. The summed E-state index contributed by atoms with van der Waals surface area (Å²) >= 11 is 3.42. The Morgan fingerprint density at radius 1 is 1.46 bits per heavy atom. The number of carbonyl (C=O) groups is 1. The number of carboxylic acid groups (broad SMARTS) is 1. The van der Waals surface area contributed by atoms with E-state index in [1.54, 1.807) is 5.01 Å². The molecule has 0 aromatic carbocycles. The summed E-state index contributed by atoms with van der Waals surface area (Å²) in [7, 11) is 0. The van der Waals surface area contributed by atoms with Crippen molar-refractivity contribution in [1.29, 1.82) is 5.26 Å². The van der Waals surface area contributed by atoms with Gasteiger partial charge in [-0.05, 0) is 55.5 Å². The zero-order valence-corrected chi connectivity index (χ0v) is 15.9. The fourth-order valence-electron chi connectivity index (χ4n) is 3.16. The van der Waals surface area contributed by atoms with Gasteiger partial charge >= 0.3 is 6.09 Å². The minimum atomic E-state index is -1.05. The lowest BCUT2D eigenvalue weighted by atomic mass is 10.0. The van der Waals surface area contributed by atoms with Crippen LogP contribution in [-0.2, 0) is 0 Å². The topological polar surface area (TPSA) is 93.4 Å². The van der Waals surface area contributed by atoms with E-state index in [1.165, 1.54) is 11.2 Å². The molecule has 0 saturated heterocycles. The average Bonchev–Trinajstić information content (AvgIpc) is 2.89. The number of anilines is 1. The van der Waals surface area contributed by atoms with Crippen LogP contribution < -0.4 is 5.01 Å². The number of halogens is 1. The maximum atomic E-state index is 12.1. The Balaban J connectivity index is 2.63. The summed E-state index contributed by atoms with van der Waals surface area (Å²) in [6, 6.07) is 1.92. The highest BCUT2D eigenvalue weighted by molar-refractivity contribution is 9.10. The first kappa shape index (κ1) is 18.5. The van der Waals surface area contributed by atoms with Gasteiger partial charge in [-0.15, -0.1) is 0 Å². The van der Waals surface area contributed by atoms with Crippen LogP contribution in [0.1, 0.15) is 52.8 Å². The molecule has 1 N–H and O–H groups in total. The molecule has 1 amide bonds. The quantitative estimate of drug-likeness (QED) is 0.782. The molecule has 0 radical (unpaired) electrons. The molecule has 0 aliphatic heterocycles. The third kappa shape index (κ3) is 3.61. The van der Waals surface area contributed by atoms with Crippen molar-refractivity contribution in [3.05, 3.63) is 16.5 Å². The van der Waals surface area contributed by atoms with Crippen molar-refractivity contribution in [1.82, 2.24) is 15.0 Å². The summed E-state index contributed by atoms with van der Waals surface area (Å²) < 4.78 is 0.566. The molecule has 1 aromatic rings. The highest BCUT2D eigenvalue weighted by Gasteiger charge is 2.41.